The summed E-state index contributed by atoms with van der Waals surface area (Å²) in [6.45, 7) is 3.65. The van der Waals surface area contributed by atoms with Crippen LogP contribution in [0.15, 0.2) is 54.6 Å². The van der Waals surface area contributed by atoms with E-state index in [4.69, 9.17) is 5.73 Å². The molecule has 2 heteroatoms. The maximum absolute atomic E-state index is 5.78. The molecule has 0 aliphatic heterocycles. The van der Waals surface area contributed by atoms with E-state index in [0.29, 0.717) is 6.54 Å². The summed E-state index contributed by atoms with van der Waals surface area (Å²) >= 11 is 0. The van der Waals surface area contributed by atoms with Gasteiger partial charge in [-0.1, -0.05) is 61.5 Å². The fourth-order valence-electron chi connectivity index (χ4n) is 2.12. The van der Waals surface area contributed by atoms with Gasteiger partial charge in [-0.2, -0.15) is 0 Å². The van der Waals surface area contributed by atoms with Gasteiger partial charge < -0.3 is 11.1 Å². The molecule has 0 aromatic heterocycles. The molecule has 0 fully saturated rings. The lowest BCUT2D eigenvalue weighted by atomic mass is 10.0. The summed E-state index contributed by atoms with van der Waals surface area (Å²) in [4.78, 5) is 0. The molecule has 2 rings (SSSR count). The topological polar surface area (TPSA) is 38.0 Å². The van der Waals surface area contributed by atoms with Crippen molar-refractivity contribution in [2.75, 3.05) is 13.1 Å². The number of hydrogen-bond donors (Lipinski definition) is 2. The van der Waals surface area contributed by atoms with Gasteiger partial charge in [0.2, 0.25) is 0 Å². The summed E-state index contributed by atoms with van der Waals surface area (Å²) in [6, 6.07) is 19.3. The number of likely N-dealkylation sites (N-methyl/N-ethyl adjacent to an activating group) is 1. The number of benzene rings is 2. The van der Waals surface area contributed by atoms with Crippen LogP contribution in [0, 0.1) is 0 Å². The van der Waals surface area contributed by atoms with Crippen molar-refractivity contribution in [1.82, 2.24) is 5.32 Å². The first-order valence-electron chi connectivity index (χ1n) is 6.44. The van der Waals surface area contributed by atoms with Crippen LogP contribution >= 0.6 is 0 Å². The fraction of sp³-hybridized carbons (Fsp3) is 0.250. The quantitative estimate of drug-likeness (QED) is 0.843. The van der Waals surface area contributed by atoms with Crippen molar-refractivity contribution < 1.29 is 0 Å². The highest BCUT2D eigenvalue weighted by Crippen LogP contribution is 2.21. The van der Waals surface area contributed by atoms with Gasteiger partial charge in [-0.15, -0.1) is 0 Å². The monoisotopic (exact) mass is 240 g/mol. The van der Waals surface area contributed by atoms with E-state index >= 15 is 0 Å². The van der Waals surface area contributed by atoms with Gasteiger partial charge in [0.05, 0.1) is 0 Å². The smallest absolute Gasteiger partial charge is 0.0444 e. The van der Waals surface area contributed by atoms with E-state index in [2.05, 4.69) is 60.8 Å². The van der Waals surface area contributed by atoms with Gasteiger partial charge in [-0.05, 0) is 23.2 Å². The van der Waals surface area contributed by atoms with Crippen LogP contribution in [0.3, 0.4) is 0 Å². The van der Waals surface area contributed by atoms with Crippen molar-refractivity contribution in [2.24, 2.45) is 5.73 Å². The Bertz CT molecular complexity index is 462. The molecule has 1 atom stereocenters. The SMILES string of the molecule is CCNC(CN)c1ccc(-c2ccccc2)cc1. The summed E-state index contributed by atoms with van der Waals surface area (Å²) in [5.74, 6) is 0. The molecule has 94 valence electrons. The number of hydrogen-bond acceptors (Lipinski definition) is 2. The molecule has 0 radical (unpaired) electrons. The van der Waals surface area contributed by atoms with Crippen molar-refractivity contribution in [3.63, 3.8) is 0 Å². The van der Waals surface area contributed by atoms with E-state index in [0.717, 1.165) is 6.54 Å². The van der Waals surface area contributed by atoms with Gasteiger partial charge in [0.15, 0.2) is 0 Å². The Labute approximate surface area is 109 Å². The zero-order valence-corrected chi connectivity index (χ0v) is 10.8. The largest absolute Gasteiger partial charge is 0.329 e. The normalized spacial score (nSPS) is 12.3. The van der Waals surface area contributed by atoms with Crippen molar-refractivity contribution in [1.29, 1.82) is 0 Å². The fourth-order valence-corrected chi connectivity index (χ4v) is 2.12. The van der Waals surface area contributed by atoms with E-state index in [1.54, 1.807) is 0 Å². The third-order valence-corrected chi connectivity index (χ3v) is 3.11. The molecule has 2 aromatic carbocycles. The Hall–Kier alpha value is -1.64. The molecule has 0 bridgehead atoms. The molecule has 3 N–H and O–H groups in total. The zero-order chi connectivity index (χ0) is 12.8. The van der Waals surface area contributed by atoms with Crippen LogP contribution in [-0.2, 0) is 0 Å². The molecule has 0 aliphatic rings. The van der Waals surface area contributed by atoms with Gasteiger partial charge in [-0.3, -0.25) is 0 Å². The van der Waals surface area contributed by atoms with Crippen molar-refractivity contribution in [3.05, 3.63) is 60.2 Å². The van der Waals surface area contributed by atoms with Crippen LogP contribution in [-0.4, -0.2) is 13.1 Å². The van der Waals surface area contributed by atoms with Gasteiger partial charge >= 0.3 is 0 Å². The average molecular weight is 240 g/mol. The Morgan fingerprint density at radius 3 is 2.11 bits per heavy atom. The molecule has 0 heterocycles. The molecule has 0 spiro atoms. The third-order valence-electron chi connectivity index (χ3n) is 3.11. The van der Waals surface area contributed by atoms with E-state index in [-0.39, 0.29) is 6.04 Å². The summed E-state index contributed by atoms with van der Waals surface area (Å²) in [5, 5.41) is 3.38. The van der Waals surface area contributed by atoms with Crippen LogP contribution in [0.25, 0.3) is 11.1 Å². The summed E-state index contributed by atoms with van der Waals surface area (Å²) in [5.41, 5.74) is 9.52. The van der Waals surface area contributed by atoms with E-state index in [1.165, 1.54) is 16.7 Å². The molecule has 1 unspecified atom stereocenters. The molecule has 0 amide bonds. The predicted octanol–water partition coefficient (Wildman–Crippen LogP) is 2.96. The molecule has 0 aliphatic carbocycles. The Morgan fingerprint density at radius 1 is 0.944 bits per heavy atom. The highest BCUT2D eigenvalue weighted by atomic mass is 14.9. The molecule has 0 saturated heterocycles. The van der Waals surface area contributed by atoms with Gasteiger partial charge in [-0.25, -0.2) is 0 Å². The van der Waals surface area contributed by atoms with Crippen molar-refractivity contribution >= 4 is 0 Å². The second kappa shape index (κ2) is 6.34. The van der Waals surface area contributed by atoms with E-state index < -0.39 is 0 Å². The average Bonchev–Trinajstić information content (AvgIpc) is 2.46. The molecular weight excluding hydrogens is 220 g/mol. The summed E-state index contributed by atoms with van der Waals surface area (Å²) in [6.07, 6.45) is 0. The second-order valence-corrected chi connectivity index (χ2v) is 4.33. The van der Waals surface area contributed by atoms with Crippen LogP contribution in [0.4, 0.5) is 0 Å². The number of nitrogens with one attached hydrogen (secondary N) is 1. The maximum Gasteiger partial charge on any atom is 0.0444 e. The number of rotatable bonds is 5. The predicted molar refractivity (Wildman–Crippen MR) is 77.4 cm³/mol. The van der Waals surface area contributed by atoms with E-state index in [9.17, 15) is 0 Å². The Kier molecular flexibility index (Phi) is 4.51. The summed E-state index contributed by atoms with van der Waals surface area (Å²) < 4.78 is 0. The Morgan fingerprint density at radius 2 is 1.56 bits per heavy atom. The van der Waals surface area contributed by atoms with Crippen LogP contribution in [0.1, 0.15) is 18.5 Å². The standard InChI is InChI=1S/C16H20N2/c1-2-18-16(12-17)15-10-8-14(9-11-15)13-6-4-3-5-7-13/h3-11,16,18H,2,12,17H2,1H3. The van der Waals surface area contributed by atoms with Crippen LogP contribution in [0.5, 0.6) is 0 Å². The lowest BCUT2D eigenvalue weighted by Crippen LogP contribution is -2.27. The molecule has 0 saturated carbocycles. The highest BCUT2D eigenvalue weighted by molar-refractivity contribution is 5.63. The minimum absolute atomic E-state index is 0.250. The number of nitrogens with two attached hydrogens (primary N) is 1. The van der Waals surface area contributed by atoms with Crippen LogP contribution < -0.4 is 11.1 Å². The second-order valence-electron chi connectivity index (χ2n) is 4.33. The van der Waals surface area contributed by atoms with Crippen LogP contribution in [0.2, 0.25) is 0 Å². The first-order valence-corrected chi connectivity index (χ1v) is 6.44. The third kappa shape index (κ3) is 2.97. The molecule has 2 nitrogen and oxygen atoms in total. The summed E-state index contributed by atoms with van der Waals surface area (Å²) in [7, 11) is 0. The van der Waals surface area contributed by atoms with Gasteiger partial charge in [0.25, 0.3) is 0 Å². The van der Waals surface area contributed by atoms with E-state index in [1.807, 2.05) is 6.07 Å². The van der Waals surface area contributed by atoms with Gasteiger partial charge in [0.1, 0.15) is 0 Å². The minimum Gasteiger partial charge on any atom is -0.329 e. The molecular formula is C16H20N2. The zero-order valence-electron chi connectivity index (χ0n) is 10.8. The van der Waals surface area contributed by atoms with Crippen molar-refractivity contribution in [3.8, 4) is 11.1 Å². The van der Waals surface area contributed by atoms with Gasteiger partial charge in [0, 0.05) is 12.6 Å². The molecule has 18 heavy (non-hydrogen) atoms. The lowest BCUT2D eigenvalue weighted by molar-refractivity contribution is 0.562. The first-order chi connectivity index (χ1) is 8.85. The first kappa shape index (κ1) is 12.8. The maximum atomic E-state index is 5.78. The molecule has 2 aromatic rings. The lowest BCUT2D eigenvalue weighted by Gasteiger charge is -2.16. The minimum atomic E-state index is 0.250. The van der Waals surface area contributed by atoms with Crippen molar-refractivity contribution in [2.45, 2.75) is 13.0 Å². The Balaban J connectivity index is 2.19. The highest BCUT2D eigenvalue weighted by Gasteiger charge is 2.07.